The SMILES string of the molecule is O=S(=O)(c1cnc2c(C3CCN(CCC[18F])CC3)cccc2c1)c1ccccn1. The zero-order valence-electron chi connectivity index (χ0n) is 16.2. The van der Waals surface area contributed by atoms with E-state index >= 15 is 0 Å². The molecule has 0 atom stereocenters. The van der Waals surface area contributed by atoms with E-state index in [1.807, 2.05) is 12.1 Å². The van der Waals surface area contributed by atoms with Crippen molar-refractivity contribution in [2.24, 2.45) is 0 Å². The first kappa shape index (κ1) is 19.9. The normalized spacial score (nSPS) is 16.3. The van der Waals surface area contributed by atoms with Gasteiger partial charge < -0.3 is 4.90 Å². The van der Waals surface area contributed by atoms with Crippen molar-refractivity contribution in [3.05, 3.63) is 60.4 Å². The number of para-hydroxylation sites is 1. The minimum Gasteiger partial charge on any atom is -0.303 e. The van der Waals surface area contributed by atoms with Gasteiger partial charge in [0.25, 0.3) is 0 Å². The summed E-state index contributed by atoms with van der Waals surface area (Å²) in [6, 6.07) is 12.5. The number of rotatable bonds is 6. The van der Waals surface area contributed by atoms with E-state index in [2.05, 4.69) is 20.9 Å². The summed E-state index contributed by atoms with van der Waals surface area (Å²) in [4.78, 5) is 11.0. The Labute approximate surface area is 170 Å². The molecular weight excluding hydrogens is 388 g/mol. The molecule has 3 heterocycles. The molecule has 1 saturated heterocycles. The lowest BCUT2D eigenvalue weighted by molar-refractivity contribution is 0.204. The highest BCUT2D eigenvalue weighted by atomic mass is 32.2. The number of alkyl halides is 1. The standard InChI is InChI=1S/C22H24FN3O2S/c23-10-4-12-26-13-8-17(9-14-26)20-6-3-5-18-15-19(16-25-22(18)20)29(27,28)21-7-1-2-11-24-21/h1-3,5-7,11,15-17H,4,8-10,12-14H2/i23-1. The molecule has 0 radical (unpaired) electrons. The van der Waals surface area contributed by atoms with Gasteiger partial charge >= 0.3 is 0 Å². The summed E-state index contributed by atoms with van der Waals surface area (Å²) >= 11 is 0. The smallest absolute Gasteiger partial charge is 0.225 e. The van der Waals surface area contributed by atoms with E-state index in [0.717, 1.165) is 48.9 Å². The van der Waals surface area contributed by atoms with Crippen LogP contribution in [0.3, 0.4) is 0 Å². The highest BCUT2D eigenvalue weighted by molar-refractivity contribution is 7.91. The average Bonchev–Trinajstić information content (AvgIpc) is 2.78. The van der Waals surface area contributed by atoms with E-state index in [1.165, 1.54) is 18.5 Å². The van der Waals surface area contributed by atoms with Crippen LogP contribution in [0, 0.1) is 0 Å². The van der Waals surface area contributed by atoms with Crippen molar-refractivity contribution in [3.63, 3.8) is 0 Å². The van der Waals surface area contributed by atoms with E-state index in [-0.39, 0.29) is 16.6 Å². The molecule has 0 saturated carbocycles. The Morgan fingerprint density at radius 3 is 2.62 bits per heavy atom. The number of aromatic nitrogens is 2. The molecule has 0 bridgehead atoms. The van der Waals surface area contributed by atoms with Crippen LogP contribution < -0.4 is 0 Å². The van der Waals surface area contributed by atoms with Crippen LogP contribution in [0.15, 0.2) is 64.8 Å². The second-order valence-electron chi connectivity index (χ2n) is 7.42. The molecule has 0 N–H and O–H groups in total. The number of fused-ring (bicyclic) bond motifs is 1. The van der Waals surface area contributed by atoms with E-state index in [9.17, 15) is 12.8 Å². The fourth-order valence-corrected chi connectivity index (χ4v) is 5.19. The summed E-state index contributed by atoms with van der Waals surface area (Å²) in [5.74, 6) is 0.381. The maximum absolute atomic E-state index is 12.9. The van der Waals surface area contributed by atoms with Crippen molar-refractivity contribution in [2.75, 3.05) is 26.3 Å². The Bertz CT molecular complexity index is 1080. The fraction of sp³-hybridized carbons (Fsp3) is 0.364. The molecule has 3 aromatic rings. The topological polar surface area (TPSA) is 63.2 Å². The fourth-order valence-electron chi connectivity index (χ4n) is 4.02. The lowest BCUT2D eigenvalue weighted by Gasteiger charge is -2.32. The number of piperidine rings is 1. The first-order valence-electron chi connectivity index (χ1n) is 9.93. The molecular formula is C22H24FN3O2S. The Morgan fingerprint density at radius 2 is 1.90 bits per heavy atom. The van der Waals surface area contributed by atoms with Gasteiger partial charge in [-0.2, -0.15) is 0 Å². The number of benzene rings is 1. The molecule has 0 aliphatic carbocycles. The molecule has 1 fully saturated rings. The number of pyridine rings is 2. The maximum atomic E-state index is 12.9. The van der Waals surface area contributed by atoms with Crippen molar-refractivity contribution in [1.29, 1.82) is 0 Å². The lowest BCUT2D eigenvalue weighted by Crippen LogP contribution is -2.33. The van der Waals surface area contributed by atoms with E-state index in [1.54, 1.807) is 18.2 Å². The summed E-state index contributed by atoms with van der Waals surface area (Å²) in [6.45, 7) is 2.45. The number of likely N-dealkylation sites (tertiary alicyclic amines) is 1. The Kier molecular flexibility index (Phi) is 5.87. The molecule has 5 nitrogen and oxygen atoms in total. The Hall–Kier alpha value is -2.38. The van der Waals surface area contributed by atoms with Gasteiger partial charge in [0.1, 0.15) is 0 Å². The van der Waals surface area contributed by atoms with E-state index < -0.39 is 9.84 Å². The Balaban J connectivity index is 1.61. The highest BCUT2D eigenvalue weighted by Gasteiger charge is 2.24. The molecule has 0 amide bonds. The molecule has 0 unspecified atom stereocenters. The predicted molar refractivity (Wildman–Crippen MR) is 110 cm³/mol. The van der Waals surface area contributed by atoms with Crippen molar-refractivity contribution in [1.82, 2.24) is 14.9 Å². The monoisotopic (exact) mass is 412 g/mol. The zero-order chi connectivity index (χ0) is 20.3. The number of sulfone groups is 1. The molecule has 7 heteroatoms. The number of hydrogen-bond acceptors (Lipinski definition) is 5. The molecule has 0 spiro atoms. The summed E-state index contributed by atoms with van der Waals surface area (Å²) in [7, 11) is -3.70. The van der Waals surface area contributed by atoms with Gasteiger partial charge in [0.2, 0.25) is 9.84 Å². The maximum Gasteiger partial charge on any atom is 0.225 e. The third kappa shape index (κ3) is 4.16. The zero-order valence-corrected chi connectivity index (χ0v) is 17.0. The Morgan fingerprint density at radius 1 is 1.07 bits per heavy atom. The van der Waals surface area contributed by atoms with Crippen molar-refractivity contribution < 1.29 is 12.8 Å². The van der Waals surface area contributed by atoms with Gasteiger partial charge in [-0.15, -0.1) is 0 Å². The van der Waals surface area contributed by atoms with Crippen molar-refractivity contribution in [2.45, 2.75) is 35.1 Å². The summed E-state index contributed by atoms with van der Waals surface area (Å²) < 4.78 is 38.1. The van der Waals surface area contributed by atoms with Gasteiger partial charge in [0.15, 0.2) is 5.03 Å². The van der Waals surface area contributed by atoms with Gasteiger partial charge in [-0.3, -0.25) is 9.37 Å². The quantitative estimate of drug-likeness (QED) is 0.612. The number of nitrogens with zero attached hydrogens (tertiary/aromatic N) is 3. The van der Waals surface area contributed by atoms with E-state index in [4.69, 9.17) is 0 Å². The van der Waals surface area contributed by atoms with Crippen LogP contribution in [0.2, 0.25) is 0 Å². The van der Waals surface area contributed by atoms with Crippen LogP contribution in [0.5, 0.6) is 0 Å². The van der Waals surface area contributed by atoms with Crippen LogP contribution in [0.1, 0.15) is 30.7 Å². The van der Waals surface area contributed by atoms with Gasteiger partial charge in [0.05, 0.1) is 17.1 Å². The molecule has 152 valence electrons. The van der Waals surface area contributed by atoms with Crippen LogP contribution >= 0.6 is 0 Å². The second-order valence-corrected chi connectivity index (χ2v) is 9.32. The predicted octanol–water partition coefficient (Wildman–Crippen LogP) is 4.00. The molecule has 1 aromatic carbocycles. The molecule has 1 aliphatic heterocycles. The third-order valence-electron chi connectivity index (χ3n) is 5.58. The molecule has 29 heavy (non-hydrogen) atoms. The van der Waals surface area contributed by atoms with Crippen LogP contribution in [0.4, 0.5) is 4.39 Å². The van der Waals surface area contributed by atoms with Crippen LogP contribution in [0.25, 0.3) is 10.9 Å². The first-order valence-corrected chi connectivity index (χ1v) is 11.4. The molecule has 1 aliphatic rings. The third-order valence-corrected chi connectivity index (χ3v) is 7.21. The van der Waals surface area contributed by atoms with Gasteiger partial charge in [-0.05, 0) is 62.0 Å². The van der Waals surface area contributed by atoms with Crippen molar-refractivity contribution >= 4 is 20.7 Å². The largest absolute Gasteiger partial charge is 0.303 e. The van der Waals surface area contributed by atoms with Gasteiger partial charge in [0, 0.05) is 24.3 Å². The number of hydrogen-bond donors (Lipinski definition) is 0. The lowest BCUT2D eigenvalue weighted by atomic mass is 9.88. The first-order chi connectivity index (χ1) is 14.1. The van der Waals surface area contributed by atoms with Gasteiger partial charge in [-0.1, -0.05) is 24.3 Å². The summed E-state index contributed by atoms with van der Waals surface area (Å²) in [5, 5.41) is 0.845. The highest BCUT2D eigenvalue weighted by Crippen LogP contribution is 2.33. The van der Waals surface area contributed by atoms with Gasteiger partial charge in [-0.25, -0.2) is 13.4 Å². The van der Waals surface area contributed by atoms with Crippen LogP contribution in [-0.4, -0.2) is 49.6 Å². The minimum atomic E-state index is -3.70. The van der Waals surface area contributed by atoms with Crippen molar-refractivity contribution in [3.8, 4) is 0 Å². The average molecular weight is 413 g/mol. The van der Waals surface area contributed by atoms with Crippen LogP contribution in [-0.2, 0) is 9.84 Å². The van der Waals surface area contributed by atoms with E-state index in [0.29, 0.717) is 12.3 Å². The molecule has 4 rings (SSSR count). The summed E-state index contributed by atoms with van der Waals surface area (Å²) in [6.07, 6.45) is 5.50. The molecule has 2 aromatic heterocycles. The minimum absolute atomic E-state index is 0.0259. The summed E-state index contributed by atoms with van der Waals surface area (Å²) in [5.41, 5.74) is 2.02. The second kappa shape index (κ2) is 8.55. The number of halogens is 1.